The Morgan fingerprint density at radius 1 is 1.25 bits per heavy atom. The van der Waals surface area contributed by atoms with Gasteiger partial charge in [-0.2, -0.15) is 13.2 Å². The molecule has 0 aliphatic heterocycles. The highest BCUT2D eigenvalue weighted by molar-refractivity contribution is 7.92. The van der Waals surface area contributed by atoms with Crippen LogP contribution in [0, 0.1) is 0 Å². The maximum Gasteiger partial charge on any atom is 0.416 e. The van der Waals surface area contributed by atoms with Gasteiger partial charge >= 0.3 is 6.18 Å². The second-order valence-corrected chi connectivity index (χ2v) is 7.70. The summed E-state index contributed by atoms with van der Waals surface area (Å²) in [6.07, 6.45) is -3.48. The minimum absolute atomic E-state index is 0.165. The lowest BCUT2D eigenvalue weighted by atomic mass is 9.94. The highest BCUT2D eigenvalue weighted by Crippen LogP contribution is 2.35. The second kappa shape index (κ2) is 5.34. The van der Waals surface area contributed by atoms with E-state index in [1.807, 2.05) is 0 Å². The third kappa shape index (κ3) is 3.31. The number of sulfone groups is 1. The Kier molecular flexibility index (Phi) is 4.52. The van der Waals surface area contributed by atoms with E-state index in [-0.39, 0.29) is 5.56 Å². The molecule has 1 atom stereocenters. The molecular weight excluding hydrogens is 293 g/mol. The van der Waals surface area contributed by atoms with Crippen LogP contribution in [-0.2, 0) is 16.0 Å². The fraction of sp³-hybridized carbons (Fsp3) is 0.500. The van der Waals surface area contributed by atoms with Crippen LogP contribution in [0.15, 0.2) is 24.3 Å². The van der Waals surface area contributed by atoms with Crippen molar-refractivity contribution in [1.29, 1.82) is 0 Å². The van der Waals surface area contributed by atoms with E-state index in [1.54, 1.807) is 0 Å². The summed E-state index contributed by atoms with van der Waals surface area (Å²) in [6.45, 7) is 2.82. The Balaban J connectivity index is 3.35. The standard InChI is InChI=1S/C12H17F3N2O2S/c1-11(2,20(3,18)19)10(17-16)8-5-4-6-9(7-8)12(13,14)15/h4-7,10,17H,16H2,1-3H3. The summed E-state index contributed by atoms with van der Waals surface area (Å²) < 4.78 is 60.3. The normalized spacial score (nSPS) is 15.2. The summed E-state index contributed by atoms with van der Waals surface area (Å²) in [5.41, 5.74) is 1.61. The van der Waals surface area contributed by atoms with Gasteiger partial charge in [-0.15, -0.1) is 0 Å². The summed E-state index contributed by atoms with van der Waals surface area (Å²) in [6, 6.07) is 3.50. The summed E-state index contributed by atoms with van der Waals surface area (Å²) in [5.74, 6) is 5.35. The van der Waals surface area contributed by atoms with Gasteiger partial charge in [0, 0.05) is 6.26 Å². The zero-order valence-electron chi connectivity index (χ0n) is 11.3. The Bertz CT molecular complexity index is 583. The number of benzene rings is 1. The molecule has 0 radical (unpaired) electrons. The van der Waals surface area contributed by atoms with Gasteiger partial charge in [0.1, 0.15) is 0 Å². The summed E-state index contributed by atoms with van der Waals surface area (Å²) >= 11 is 0. The molecule has 1 aromatic carbocycles. The minimum atomic E-state index is -4.50. The number of rotatable bonds is 4. The lowest BCUT2D eigenvalue weighted by Gasteiger charge is -2.32. The van der Waals surface area contributed by atoms with Crippen molar-refractivity contribution < 1.29 is 21.6 Å². The average molecular weight is 310 g/mol. The topological polar surface area (TPSA) is 72.2 Å². The van der Waals surface area contributed by atoms with Gasteiger partial charge in [-0.3, -0.25) is 11.3 Å². The maximum atomic E-state index is 12.7. The molecule has 4 nitrogen and oxygen atoms in total. The van der Waals surface area contributed by atoms with Gasteiger partial charge in [0.15, 0.2) is 9.84 Å². The number of hydrazine groups is 1. The van der Waals surface area contributed by atoms with Crippen LogP contribution in [-0.4, -0.2) is 19.4 Å². The van der Waals surface area contributed by atoms with E-state index in [1.165, 1.54) is 26.0 Å². The zero-order valence-corrected chi connectivity index (χ0v) is 12.1. The molecule has 0 bridgehead atoms. The van der Waals surface area contributed by atoms with Crippen molar-refractivity contribution in [3.63, 3.8) is 0 Å². The van der Waals surface area contributed by atoms with Gasteiger partial charge < -0.3 is 0 Å². The van der Waals surface area contributed by atoms with Gasteiger partial charge in [-0.1, -0.05) is 12.1 Å². The third-order valence-electron chi connectivity index (χ3n) is 3.36. The van der Waals surface area contributed by atoms with Gasteiger partial charge in [-0.05, 0) is 31.5 Å². The molecule has 1 unspecified atom stereocenters. The molecule has 0 saturated carbocycles. The first-order chi connectivity index (χ1) is 8.91. The van der Waals surface area contributed by atoms with Crippen LogP contribution in [0.25, 0.3) is 0 Å². The second-order valence-electron chi connectivity index (χ2n) is 5.10. The number of hydrogen-bond acceptors (Lipinski definition) is 4. The summed E-state index contributed by atoms with van der Waals surface area (Å²) in [5, 5.41) is 0. The fourth-order valence-electron chi connectivity index (χ4n) is 1.81. The molecule has 0 aliphatic rings. The molecule has 1 rings (SSSR count). The SMILES string of the molecule is CC(C)(C(NN)c1cccc(C(F)(F)F)c1)S(C)(=O)=O. The monoisotopic (exact) mass is 310 g/mol. The van der Waals surface area contributed by atoms with E-state index in [9.17, 15) is 21.6 Å². The molecule has 20 heavy (non-hydrogen) atoms. The predicted octanol–water partition coefficient (Wildman–Crippen LogP) is 2.03. The maximum absolute atomic E-state index is 12.7. The molecule has 0 aliphatic carbocycles. The molecule has 114 valence electrons. The number of halogens is 3. The van der Waals surface area contributed by atoms with Crippen molar-refractivity contribution in [2.24, 2.45) is 5.84 Å². The molecule has 3 N–H and O–H groups in total. The molecule has 0 aromatic heterocycles. The van der Waals surface area contributed by atoms with Gasteiger partial charge in [0.2, 0.25) is 0 Å². The van der Waals surface area contributed by atoms with E-state index in [4.69, 9.17) is 5.84 Å². The van der Waals surface area contributed by atoms with E-state index in [0.717, 1.165) is 18.4 Å². The van der Waals surface area contributed by atoms with Gasteiger partial charge in [0.05, 0.1) is 16.4 Å². The van der Waals surface area contributed by atoms with Gasteiger partial charge in [0.25, 0.3) is 0 Å². The van der Waals surface area contributed by atoms with Crippen LogP contribution >= 0.6 is 0 Å². The van der Waals surface area contributed by atoms with Crippen LogP contribution in [0.1, 0.15) is 31.0 Å². The predicted molar refractivity (Wildman–Crippen MR) is 70.4 cm³/mol. The number of hydrogen-bond donors (Lipinski definition) is 2. The Morgan fingerprint density at radius 3 is 2.20 bits per heavy atom. The Labute approximate surface area is 116 Å². The highest BCUT2D eigenvalue weighted by atomic mass is 32.2. The molecule has 0 amide bonds. The van der Waals surface area contributed by atoms with Crippen molar-refractivity contribution in [3.05, 3.63) is 35.4 Å². The lowest BCUT2D eigenvalue weighted by Crippen LogP contribution is -2.47. The Morgan fingerprint density at radius 2 is 1.80 bits per heavy atom. The molecule has 8 heteroatoms. The molecule has 1 aromatic rings. The van der Waals surface area contributed by atoms with Crippen LogP contribution in [0.2, 0.25) is 0 Å². The highest BCUT2D eigenvalue weighted by Gasteiger charge is 2.40. The molecule has 0 heterocycles. The largest absolute Gasteiger partial charge is 0.416 e. The van der Waals surface area contributed by atoms with Crippen molar-refractivity contribution in [1.82, 2.24) is 5.43 Å². The Hall–Kier alpha value is -1.12. The lowest BCUT2D eigenvalue weighted by molar-refractivity contribution is -0.137. The number of nitrogens with one attached hydrogen (secondary N) is 1. The molecule has 0 saturated heterocycles. The van der Waals surface area contributed by atoms with E-state index in [0.29, 0.717) is 0 Å². The third-order valence-corrected chi connectivity index (χ3v) is 5.51. The van der Waals surface area contributed by atoms with Crippen molar-refractivity contribution in [2.45, 2.75) is 30.8 Å². The average Bonchev–Trinajstić information content (AvgIpc) is 2.27. The van der Waals surface area contributed by atoms with Crippen LogP contribution in [0.5, 0.6) is 0 Å². The van der Waals surface area contributed by atoms with Gasteiger partial charge in [-0.25, -0.2) is 8.42 Å². The summed E-state index contributed by atoms with van der Waals surface area (Å²) in [4.78, 5) is 0. The zero-order chi connectivity index (χ0) is 15.8. The molecule has 0 spiro atoms. The number of nitrogens with two attached hydrogens (primary N) is 1. The van der Waals surface area contributed by atoms with E-state index in [2.05, 4.69) is 5.43 Å². The van der Waals surface area contributed by atoms with E-state index < -0.39 is 32.4 Å². The molecule has 0 fully saturated rings. The first-order valence-corrected chi connectivity index (χ1v) is 7.63. The molecular formula is C12H17F3N2O2S. The van der Waals surface area contributed by atoms with E-state index >= 15 is 0 Å². The quantitative estimate of drug-likeness (QED) is 0.659. The number of alkyl halides is 3. The minimum Gasteiger partial charge on any atom is -0.271 e. The summed E-state index contributed by atoms with van der Waals surface area (Å²) in [7, 11) is -3.53. The van der Waals surface area contributed by atoms with Crippen LogP contribution in [0.3, 0.4) is 0 Å². The van der Waals surface area contributed by atoms with Crippen molar-refractivity contribution >= 4 is 9.84 Å². The van der Waals surface area contributed by atoms with Crippen molar-refractivity contribution in [3.8, 4) is 0 Å². The fourth-order valence-corrected chi connectivity index (χ4v) is 2.44. The van der Waals surface area contributed by atoms with Crippen LogP contribution in [0.4, 0.5) is 13.2 Å². The first-order valence-electron chi connectivity index (χ1n) is 5.74. The first kappa shape index (κ1) is 16.9. The van der Waals surface area contributed by atoms with Crippen molar-refractivity contribution in [2.75, 3.05) is 6.26 Å². The smallest absolute Gasteiger partial charge is 0.271 e. The van der Waals surface area contributed by atoms with Crippen LogP contribution < -0.4 is 11.3 Å².